The van der Waals surface area contributed by atoms with Gasteiger partial charge in [0.2, 0.25) is 5.91 Å². The molecule has 6 heteroatoms. The first-order valence-electron chi connectivity index (χ1n) is 33.1. The van der Waals surface area contributed by atoms with Crippen molar-refractivity contribution in [2.24, 2.45) is 0 Å². The monoisotopic (exact) mass is 1030 g/mol. The zero-order chi connectivity index (χ0) is 52.9. The smallest absolute Gasteiger partial charge is 0.305 e. The molecule has 0 fully saturated rings. The molecule has 432 valence electrons. The first kappa shape index (κ1) is 71.3. The maximum Gasteiger partial charge on any atom is 0.305 e. The van der Waals surface area contributed by atoms with Crippen molar-refractivity contribution in [1.82, 2.24) is 5.32 Å². The first-order valence-corrected chi connectivity index (χ1v) is 33.1. The zero-order valence-electron chi connectivity index (χ0n) is 49.4. The number of hydrogen-bond acceptors (Lipinski definition) is 5. The minimum atomic E-state index is -0.845. The van der Waals surface area contributed by atoms with E-state index in [1.54, 1.807) is 6.08 Å². The number of carbonyl (C=O) groups excluding carboxylic acids is 2. The molecule has 0 heterocycles. The summed E-state index contributed by atoms with van der Waals surface area (Å²) in [6, 6.07) is -0.628. The number of ether oxygens (including phenoxy) is 1. The van der Waals surface area contributed by atoms with Gasteiger partial charge in [-0.15, -0.1) is 0 Å². The molecule has 0 saturated carbocycles. The number of rotatable bonds is 62. The molecule has 2 atom stereocenters. The lowest BCUT2D eigenvalue weighted by atomic mass is 10.0. The summed E-state index contributed by atoms with van der Waals surface area (Å²) in [5, 5.41) is 23.2. The Hall–Kier alpha value is -1.66. The second-order valence-corrected chi connectivity index (χ2v) is 22.8. The number of unbranched alkanes of at least 4 members (excludes halogenated alkanes) is 49. The van der Waals surface area contributed by atoms with Crippen molar-refractivity contribution in [3.8, 4) is 0 Å². The Bertz CT molecular complexity index is 1140. The van der Waals surface area contributed by atoms with Gasteiger partial charge in [0, 0.05) is 12.8 Å². The summed E-state index contributed by atoms with van der Waals surface area (Å²) in [5.41, 5.74) is 0. The van der Waals surface area contributed by atoms with E-state index in [4.69, 9.17) is 4.74 Å². The number of nitrogens with one attached hydrogen (secondary N) is 1. The Morgan fingerprint density at radius 2 is 0.644 bits per heavy atom. The molecular weight excluding hydrogens is 899 g/mol. The van der Waals surface area contributed by atoms with Crippen LogP contribution in [0.4, 0.5) is 0 Å². The lowest BCUT2D eigenvalue weighted by Crippen LogP contribution is -2.45. The van der Waals surface area contributed by atoms with Gasteiger partial charge in [0.05, 0.1) is 25.4 Å². The van der Waals surface area contributed by atoms with Crippen LogP contribution in [0.3, 0.4) is 0 Å². The summed E-state index contributed by atoms with van der Waals surface area (Å²) in [4.78, 5) is 24.6. The second-order valence-electron chi connectivity index (χ2n) is 22.8. The minimum absolute atomic E-state index is 0.0116. The normalized spacial score (nSPS) is 12.7. The molecule has 0 aliphatic heterocycles. The number of esters is 1. The summed E-state index contributed by atoms with van der Waals surface area (Å²) >= 11 is 0. The molecule has 0 aromatic carbocycles. The van der Waals surface area contributed by atoms with Gasteiger partial charge in [-0.25, -0.2) is 0 Å². The van der Waals surface area contributed by atoms with Crippen LogP contribution in [0.25, 0.3) is 0 Å². The average Bonchev–Trinajstić information content (AvgIpc) is 3.39. The molecule has 0 aromatic rings. The van der Waals surface area contributed by atoms with Gasteiger partial charge in [-0.2, -0.15) is 0 Å². The van der Waals surface area contributed by atoms with Gasteiger partial charge in [-0.05, 0) is 57.8 Å². The highest BCUT2D eigenvalue weighted by molar-refractivity contribution is 5.76. The number of allylic oxidation sites excluding steroid dienone is 3. The van der Waals surface area contributed by atoms with Crippen LogP contribution < -0.4 is 5.32 Å². The van der Waals surface area contributed by atoms with Gasteiger partial charge in [-0.1, -0.05) is 321 Å². The summed E-state index contributed by atoms with van der Waals surface area (Å²) in [5.74, 6) is -0.0549. The van der Waals surface area contributed by atoms with E-state index in [9.17, 15) is 19.8 Å². The molecule has 3 N–H and O–H groups in total. The van der Waals surface area contributed by atoms with Crippen LogP contribution in [0.2, 0.25) is 0 Å². The molecule has 0 aromatic heterocycles. The molecule has 73 heavy (non-hydrogen) atoms. The Morgan fingerprint density at radius 1 is 0.370 bits per heavy atom. The molecule has 6 nitrogen and oxygen atoms in total. The molecule has 0 rings (SSSR count). The van der Waals surface area contributed by atoms with Crippen molar-refractivity contribution in [1.29, 1.82) is 0 Å². The van der Waals surface area contributed by atoms with Gasteiger partial charge in [0.1, 0.15) is 0 Å². The number of hydrogen-bond donors (Lipinski definition) is 3. The number of aliphatic hydroxyl groups excluding tert-OH is 2. The maximum atomic E-state index is 12.5. The van der Waals surface area contributed by atoms with Gasteiger partial charge in [-0.3, -0.25) is 9.59 Å². The first-order chi connectivity index (χ1) is 36.0. The van der Waals surface area contributed by atoms with E-state index in [0.29, 0.717) is 19.4 Å². The predicted molar refractivity (Wildman–Crippen MR) is 320 cm³/mol. The fourth-order valence-electron chi connectivity index (χ4n) is 10.4. The summed E-state index contributed by atoms with van der Waals surface area (Å²) < 4.78 is 5.50. The van der Waals surface area contributed by atoms with E-state index in [-0.39, 0.29) is 18.5 Å². The SMILES string of the molecule is CCCCCCCC/C=C\CCCCCCCCCCCC(=O)OCCCCCCCCCCCCCCCCCCCCCCCC(=O)NC(CO)C(O)/C=C/CCCCCCCCCCCCCCCC. The van der Waals surface area contributed by atoms with E-state index < -0.39 is 12.1 Å². The Morgan fingerprint density at radius 3 is 0.973 bits per heavy atom. The number of carbonyl (C=O) groups is 2. The van der Waals surface area contributed by atoms with Crippen LogP contribution in [0.1, 0.15) is 367 Å². The Kier molecular flexibility index (Phi) is 61.4. The lowest BCUT2D eigenvalue weighted by molar-refractivity contribution is -0.143. The summed E-state index contributed by atoms with van der Waals surface area (Å²) in [6.07, 6.45) is 78.0. The van der Waals surface area contributed by atoms with E-state index in [1.165, 1.54) is 295 Å². The van der Waals surface area contributed by atoms with E-state index >= 15 is 0 Å². The van der Waals surface area contributed by atoms with Gasteiger partial charge in [0.25, 0.3) is 0 Å². The molecule has 0 radical (unpaired) electrons. The minimum Gasteiger partial charge on any atom is -0.466 e. The third kappa shape index (κ3) is 59.4. The van der Waals surface area contributed by atoms with E-state index in [2.05, 4.69) is 31.3 Å². The van der Waals surface area contributed by atoms with Crippen molar-refractivity contribution in [3.05, 3.63) is 24.3 Å². The highest BCUT2D eigenvalue weighted by atomic mass is 16.5. The molecule has 1 amide bonds. The lowest BCUT2D eigenvalue weighted by Gasteiger charge is -2.20. The number of amides is 1. The zero-order valence-corrected chi connectivity index (χ0v) is 49.4. The molecule has 0 bridgehead atoms. The largest absolute Gasteiger partial charge is 0.466 e. The Labute approximate surface area is 456 Å². The molecule has 2 unspecified atom stereocenters. The van der Waals surface area contributed by atoms with Crippen molar-refractivity contribution in [3.63, 3.8) is 0 Å². The van der Waals surface area contributed by atoms with Crippen molar-refractivity contribution in [2.75, 3.05) is 13.2 Å². The third-order valence-electron chi connectivity index (χ3n) is 15.5. The Balaban J connectivity index is 3.38. The topological polar surface area (TPSA) is 95.9 Å². The van der Waals surface area contributed by atoms with Crippen LogP contribution in [0.15, 0.2) is 24.3 Å². The van der Waals surface area contributed by atoms with Crippen LogP contribution >= 0.6 is 0 Å². The highest BCUT2D eigenvalue weighted by Gasteiger charge is 2.18. The van der Waals surface area contributed by atoms with Gasteiger partial charge in [0.15, 0.2) is 0 Å². The fourth-order valence-corrected chi connectivity index (χ4v) is 10.4. The van der Waals surface area contributed by atoms with Gasteiger partial charge < -0.3 is 20.3 Å². The van der Waals surface area contributed by atoms with Crippen LogP contribution in [-0.4, -0.2) is 47.4 Å². The summed E-state index contributed by atoms with van der Waals surface area (Å²) in [7, 11) is 0. The standard InChI is InChI=1S/C67H129NO5/c1-3-5-7-9-11-13-15-17-19-21-25-29-33-37-41-45-49-53-57-61-67(72)73-62-58-54-50-46-42-38-34-30-27-24-22-23-26-28-32-36-40-44-48-52-56-60-66(71)68-64(63-69)65(70)59-55-51-47-43-39-35-31-20-18-16-14-12-10-8-6-4-2/h17,19,55,59,64-65,69-70H,3-16,18,20-54,56-58,60-63H2,1-2H3,(H,68,71)/b19-17-,59-55+. The van der Waals surface area contributed by atoms with Crippen molar-refractivity contribution >= 4 is 11.9 Å². The molecule has 0 spiro atoms. The fraction of sp³-hybridized carbons (Fsp3) is 0.910. The quantitative estimate of drug-likeness (QED) is 0.0320. The van der Waals surface area contributed by atoms with E-state index in [0.717, 1.165) is 44.9 Å². The van der Waals surface area contributed by atoms with Crippen molar-refractivity contribution < 1.29 is 24.5 Å². The highest BCUT2D eigenvalue weighted by Crippen LogP contribution is 2.18. The van der Waals surface area contributed by atoms with Crippen molar-refractivity contribution in [2.45, 2.75) is 379 Å². The number of aliphatic hydroxyl groups is 2. The molecule has 0 saturated heterocycles. The van der Waals surface area contributed by atoms with Crippen LogP contribution in [-0.2, 0) is 14.3 Å². The van der Waals surface area contributed by atoms with Crippen LogP contribution in [0, 0.1) is 0 Å². The van der Waals surface area contributed by atoms with Crippen LogP contribution in [0.5, 0.6) is 0 Å². The molecule has 0 aliphatic carbocycles. The average molecular weight is 1030 g/mol. The summed E-state index contributed by atoms with van der Waals surface area (Å²) in [6.45, 7) is 4.92. The predicted octanol–water partition coefficient (Wildman–Crippen LogP) is 21.0. The second kappa shape index (κ2) is 62.9. The third-order valence-corrected chi connectivity index (χ3v) is 15.5. The maximum absolute atomic E-state index is 12.5. The molecule has 0 aliphatic rings. The van der Waals surface area contributed by atoms with Gasteiger partial charge >= 0.3 is 5.97 Å². The molecular formula is C67H129NO5. The van der Waals surface area contributed by atoms with E-state index in [1.807, 2.05) is 6.08 Å².